The molecular formula is C28H31ClN6O3S. The van der Waals surface area contributed by atoms with Gasteiger partial charge in [0.1, 0.15) is 28.4 Å². The number of carbonyl (C=O) groups is 2. The fourth-order valence-electron chi connectivity index (χ4n) is 7.00. The molecular weight excluding hydrogens is 536 g/mol. The number of pyridine rings is 1. The fraction of sp³-hybridized carbons (Fsp3) is 0.536. The minimum Gasteiger partial charge on any atom is -0.341 e. The van der Waals surface area contributed by atoms with Crippen molar-refractivity contribution >= 4 is 56.4 Å². The topological polar surface area (TPSA) is 100 Å². The van der Waals surface area contributed by atoms with Crippen molar-refractivity contribution in [1.82, 2.24) is 24.3 Å². The highest BCUT2D eigenvalue weighted by Gasteiger charge is 2.49. The Hall–Kier alpha value is -2.82. The lowest BCUT2D eigenvalue weighted by atomic mass is 9.75. The Morgan fingerprint density at radius 1 is 1.23 bits per heavy atom. The van der Waals surface area contributed by atoms with E-state index in [1.54, 1.807) is 22.0 Å². The first-order chi connectivity index (χ1) is 18.8. The standard InChI is InChI=1S/C28H31ClN6O3S/c1-33(2)16-6-9-34(13-16)26(37)15-4-5-17-21(10-15)39-25-22(17)24(30-14-31-25)32-19-11-18(29)23-20(36)12-28(7-3-8-28)35(23)27(19)38/h11,14-16H,3-10,12-13H2,1-2H3,(H,30,31,32)/t15-,16-/m0/s1. The van der Waals surface area contributed by atoms with E-state index in [1.165, 1.54) is 11.2 Å². The Bertz CT molecular complexity index is 1590. The maximum atomic E-state index is 13.6. The molecule has 0 unspecified atom stereocenters. The van der Waals surface area contributed by atoms with Crippen molar-refractivity contribution in [2.45, 2.75) is 62.9 Å². The molecule has 0 aromatic carbocycles. The van der Waals surface area contributed by atoms with Crippen molar-refractivity contribution < 1.29 is 9.59 Å². The number of fused-ring (bicyclic) bond motifs is 5. The lowest BCUT2D eigenvalue weighted by Gasteiger charge is -2.39. The van der Waals surface area contributed by atoms with Gasteiger partial charge in [-0.05, 0) is 70.7 Å². The number of thiophene rings is 1. The van der Waals surface area contributed by atoms with E-state index in [0.717, 1.165) is 67.4 Å². The highest BCUT2D eigenvalue weighted by atomic mass is 35.5. The Labute approximate surface area is 235 Å². The molecule has 0 radical (unpaired) electrons. The third-order valence-electron chi connectivity index (χ3n) is 9.32. The maximum absolute atomic E-state index is 13.6. The van der Waals surface area contributed by atoms with E-state index in [1.807, 2.05) is 4.90 Å². The molecule has 1 saturated carbocycles. The van der Waals surface area contributed by atoms with Gasteiger partial charge in [0, 0.05) is 36.3 Å². The van der Waals surface area contributed by atoms with Gasteiger partial charge in [0.2, 0.25) is 5.91 Å². The third kappa shape index (κ3) is 3.86. The highest BCUT2D eigenvalue weighted by Crippen LogP contribution is 2.48. The van der Waals surface area contributed by atoms with Gasteiger partial charge >= 0.3 is 0 Å². The Morgan fingerprint density at radius 3 is 2.77 bits per heavy atom. The van der Waals surface area contributed by atoms with Crippen molar-refractivity contribution in [2.24, 2.45) is 5.92 Å². The van der Waals surface area contributed by atoms with Crippen molar-refractivity contribution in [1.29, 1.82) is 0 Å². The van der Waals surface area contributed by atoms with Crippen LogP contribution in [-0.2, 0) is 23.2 Å². The number of aryl methyl sites for hydroxylation is 1. The summed E-state index contributed by atoms with van der Waals surface area (Å²) in [5.41, 5.74) is 1.14. The lowest BCUT2D eigenvalue weighted by Crippen LogP contribution is -2.44. The molecule has 4 aliphatic rings. The van der Waals surface area contributed by atoms with Gasteiger partial charge in [-0.1, -0.05) is 11.6 Å². The van der Waals surface area contributed by atoms with E-state index in [4.69, 9.17) is 11.6 Å². The van der Waals surface area contributed by atoms with E-state index in [-0.39, 0.29) is 23.2 Å². The van der Waals surface area contributed by atoms with Crippen molar-refractivity contribution in [3.63, 3.8) is 0 Å². The fourth-order valence-corrected chi connectivity index (χ4v) is 8.56. The molecule has 0 bridgehead atoms. The van der Waals surface area contributed by atoms with Gasteiger partial charge in [0.15, 0.2) is 5.78 Å². The van der Waals surface area contributed by atoms with Gasteiger partial charge in [0.25, 0.3) is 5.56 Å². The molecule has 1 spiro atoms. The summed E-state index contributed by atoms with van der Waals surface area (Å²) in [5.74, 6) is 0.741. The van der Waals surface area contributed by atoms with Crippen LogP contribution in [0.15, 0.2) is 17.2 Å². The first kappa shape index (κ1) is 25.2. The number of rotatable bonds is 4. The summed E-state index contributed by atoms with van der Waals surface area (Å²) in [7, 11) is 4.15. The number of nitrogens with zero attached hydrogens (tertiary/aromatic N) is 5. The molecule has 1 N–H and O–H groups in total. The number of carbonyl (C=O) groups excluding carboxylic acids is 2. The van der Waals surface area contributed by atoms with Gasteiger partial charge in [-0.3, -0.25) is 19.0 Å². The molecule has 204 valence electrons. The number of amides is 1. The van der Waals surface area contributed by atoms with Crippen LogP contribution in [0, 0.1) is 5.92 Å². The number of hydrogen-bond donors (Lipinski definition) is 1. The second-order valence-electron chi connectivity index (χ2n) is 11.7. The summed E-state index contributed by atoms with van der Waals surface area (Å²) < 4.78 is 1.64. The molecule has 1 amide bonds. The number of aromatic nitrogens is 3. The van der Waals surface area contributed by atoms with E-state index >= 15 is 0 Å². The number of nitrogens with one attached hydrogen (secondary N) is 1. The van der Waals surface area contributed by atoms with Crippen LogP contribution in [-0.4, -0.2) is 69.3 Å². The maximum Gasteiger partial charge on any atom is 0.275 e. The molecule has 39 heavy (non-hydrogen) atoms. The van der Waals surface area contributed by atoms with Gasteiger partial charge in [-0.25, -0.2) is 9.97 Å². The second kappa shape index (κ2) is 9.11. The van der Waals surface area contributed by atoms with Gasteiger partial charge < -0.3 is 15.1 Å². The van der Waals surface area contributed by atoms with Gasteiger partial charge in [0.05, 0.1) is 15.9 Å². The van der Waals surface area contributed by atoms with Crippen LogP contribution in [0.3, 0.4) is 0 Å². The SMILES string of the molecule is CN(C)[C@H]1CCN(C(=O)[C@H]2CCc3c(sc4ncnc(Nc5cc(Cl)c6n(c5=O)C5(CCC5)CC6=O)c34)C2)C1. The largest absolute Gasteiger partial charge is 0.341 e. The van der Waals surface area contributed by atoms with Crippen LogP contribution < -0.4 is 10.9 Å². The second-order valence-corrected chi connectivity index (χ2v) is 13.2. The van der Waals surface area contributed by atoms with E-state index in [9.17, 15) is 14.4 Å². The van der Waals surface area contributed by atoms with Crippen LogP contribution in [0.2, 0.25) is 5.02 Å². The normalized spacial score (nSPS) is 23.4. The Kier molecular flexibility index (Phi) is 5.88. The smallest absolute Gasteiger partial charge is 0.275 e. The average molecular weight is 567 g/mol. The first-order valence-electron chi connectivity index (χ1n) is 13.7. The summed E-state index contributed by atoms with van der Waals surface area (Å²) in [6, 6.07) is 1.99. The van der Waals surface area contributed by atoms with Crippen molar-refractivity contribution in [3.8, 4) is 0 Å². The molecule has 3 aromatic rings. The number of likely N-dealkylation sites (tertiary alicyclic amines) is 1. The molecule has 2 aliphatic carbocycles. The van der Waals surface area contributed by atoms with Crippen molar-refractivity contribution in [2.75, 3.05) is 32.5 Å². The Balaban J connectivity index is 1.19. The van der Waals surface area contributed by atoms with Gasteiger partial charge in [-0.15, -0.1) is 11.3 Å². The van der Waals surface area contributed by atoms with Crippen LogP contribution >= 0.6 is 22.9 Å². The predicted octanol–water partition coefficient (Wildman–Crippen LogP) is 3.98. The molecule has 3 aromatic heterocycles. The minimum atomic E-state index is -0.434. The molecule has 2 fully saturated rings. The van der Waals surface area contributed by atoms with Crippen LogP contribution in [0.4, 0.5) is 11.5 Å². The zero-order valence-corrected chi connectivity index (χ0v) is 23.7. The summed E-state index contributed by atoms with van der Waals surface area (Å²) in [6.07, 6.45) is 7.75. The zero-order valence-electron chi connectivity index (χ0n) is 22.1. The average Bonchev–Trinajstić information content (AvgIpc) is 3.60. The number of Topliss-reactive ketones (excluding diaryl/α,β-unsaturated/α-hetero) is 1. The first-order valence-corrected chi connectivity index (χ1v) is 14.9. The monoisotopic (exact) mass is 566 g/mol. The van der Waals surface area contributed by atoms with Crippen molar-refractivity contribution in [3.05, 3.63) is 43.9 Å². The number of halogens is 1. The summed E-state index contributed by atoms with van der Waals surface area (Å²) in [4.78, 5) is 55.0. The molecule has 2 aliphatic heterocycles. The molecule has 1 saturated heterocycles. The summed E-state index contributed by atoms with van der Waals surface area (Å²) in [6.45, 7) is 1.62. The Morgan fingerprint density at radius 2 is 2.05 bits per heavy atom. The van der Waals surface area contributed by atoms with E-state index in [0.29, 0.717) is 41.1 Å². The molecule has 7 rings (SSSR count). The van der Waals surface area contributed by atoms with E-state index < -0.39 is 5.54 Å². The van der Waals surface area contributed by atoms with Gasteiger partial charge in [-0.2, -0.15) is 0 Å². The lowest BCUT2D eigenvalue weighted by molar-refractivity contribution is -0.134. The quantitative estimate of drug-likeness (QED) is 0.510. The van der Waals surface area contributed by atoms with E-state index in [2.05, 4.69) is 34.3 Å². The summed E-state index contributed by atoms with van der Waals surface area (Å²) in [5, 5.41) is 4.47. The highest BCUT2D eigenvalue weighted by molar-refractivity contribution is 7.19. The minimum absolute atomic E-state index is 0.0211. The molecule has 11 heteroatoms. The number of ketones is 1. The third-order valence-corrected chi connectivity index (χ3v) is 10.8. The summed E-state index contributed by atoms with van der Waals surface area (Å²) >= 11 is 8.17. The molecule has 2 atom stereocenters. The zero-order chi connectivity index (χ0) is 27.1. The number of likely N-dealkylation sites (N-methyl/N-ethyl adjacent to an activating group) is 1. The number of hydrogen-bond acceptors (Lipinski definition) is 8. The molecule has 5 heterocycles. The molecule has 9 nitrogen and oxygen atoms in total. The van der Waals surface area contributed by atoms with Crippen LogP contribution in [0.1, 0.15) is 59.5 Å². The van der Waals surface area contributed by atoms with Crippen LogP contribution in [0.5, 0.6) is 0 Å². The predicted molar refractivity (Wildman–Crippen MR) is 151 cm³/mol. The van der Waals surface area contributed by atoms with Crippen LogP contribution in [0.25, 0.3) is 10.2 Å². The number of anilines is 2.